The summed E-state index contributed by atoms with van der Waals surface area (Å²) in [6.07, 6.45) is 1.54. The maximum absolute atomic E-state index is 13.0. The molecule has 1 saturated heterocycles. The van der Waals surface area contributed by atoms with Gasteiger partial charge in [-0.2, -0.15) is 0 Å². The van der Waals surface area contributed by atoms with Gasteiger partial charge >= 0.3 is 5.97 Å². The lowest BCUT2D eigenvalue weighted by Gasteiger charge is -2.54. The van der Waals surface area contributed by atoms with Crippen molar-refractivity contribution in [2.45, 2.75) is 71.1 Å². The SMILES string of the molecule is CCC(=O)OC1CC(C)(C)N(C(=O)c2ccccc2)C(C)(C)C1. The van der Waals surface area contributed by atoms with Gasteiger partial charge < -0.3 is 9.64 Å². The third-order valence-corrected chi connectivity index (χ3v) is 4.48. The van der Waals surface area contributed by atoms with E-state index in [-0.39, 0.29) is 29.1 Å². The Labute approximate surface area is 138 Å². The maximum atomic E-state index is 13.0. The summed E-state index contributed by atoms with van der Waals surface area (Å²) in [5, 5.41) is 0. The van der Waals surface area contributed by atoms with Crippen molar-refractivity contribution in [2.75, 3.05) is 0 Å². The molecule has 0 spiro atoms. The van der Waals surface area contributed by atoms with E-state index in [0.29, 0.717) is 24.8 Å². The Bertz CT molecular complexity index is 560. The lowest BCUT2D eigenvalue weighted by molar-refractivity contribution is -0.157. The van der Waals surface area contributed by atoms with Crippen molar-refractivity contribution in [3.05, 3.63) is 35.9 Å². The van der Waals surface area contributed by atoms with Crippen LogP contribution in [0.1, 0.15) is 64.2 Å². The zero-order chi connectivity index (χ0) is 17.3. The van der Waals surface area contributed by atoms with Crippen LogP contribution in [-0.4, -0.2) is 34.0 Å². The largest absolute Gasteiger partial charge is 0.462 e. The zero-order valence-electron chi connectivity index (χ0n) is 14.8. The van der Waals surface area contributed by atoms with E-state index in [4.69, 9.17) is 4.74 Å². The molecule has 1 amide bonds. The van der Waals surface area contributed by atoms with Gasteiger partial charge in [0.15, 0.2) is 0 Å². The van der Waals surface area contributed by atoms with Gasteiger partial charge in [0.05, 0.1) is 0 Å². The Morgan fingerprint density at radius 2 is 1.61 bits per heavy atom. The molecule has 4 heteroatoms. The van der Waals surface area contributed by atoms with Crippen LogP contribution >= 0.6 is 0 Å². The first-order valence-electron chi connectivity index (χ1n) is 8.26. The van der Waals surface area contributed by atoms with Crippen LogP contribution in [0.4, 0.5) is 0 Å². The van der Waals surface area contributed by atoms with Gasteiger partial charge in [0.1, 0.15) is 6.10 Å². The normalized spacial score (nSPS) is 20.1. The number of piperidine rings is 1. The van der Waals surface area contributed by atoms with E-state index < -0.39 is 0 Å². The van der Waals surface area contributed by atoms with Gasteiger partial charge in [-0.25, -0.2) is 0 Å². The average molecular weight is 317 g/mol. The predicted molar refractivity (Wildman–Crippen MR) is 90.2 cm³/mol. The molecule has 0 aliphatic carbocycles. The fourth-order valence-electron chi connectivity index (χ4n) is 3.80. The number of carbonyl (C=O) groups excluding carboxylic acids is 2. The highest BCUT2D eigenvalue weighted by molar-refractivity contribution is 5.95. The number of amides is 1. The Kier molecular flexibility index (Phi) is 4.83. The fraction of sp³-hybridized carbons (Fsp3) is 0.579. The van der Waals surface area contributed by atoms with E-state index in [2.05, 4.69) is 0 Å². The monoisotopic (exact) mass is 317 g/mol. The molecular weight excluding hydrogens is 290 g/mol. The van der Waals surface area contributed by atoms with Crippen molar-refractivity contribution in [3.63, 3.8) is 0 Å². The molecule has 1 heterocycles. The van der Waals surface area contributed by atoms with Crippen LogP contribution < -0.4 is 0 Å². The van der Waals surface area contributed by atoms with Crippen LogP contribution in [0.5, 0.6) is 0 Å². The Morgan fingerprint density at radius 3 is 2.09 bits per heavy atom. The van der Waals surface area contributed by atoms with E-state index >= 15 is 0 Å². The second-order valence-electron chi connectivity index (χ2n) is 7.51. The number of likely N-dealkylation sites (tertiary alicyclic amines) is 1. The number of hydrogen-bond acceptors (Lipinski definition) is 3. The molecule has 0 radical (unpaired) electrons. The van der Waals surface area contributed by atoms with E-state index in [1.54, 1.807) is 6.92 Å². The van der Waals surface area contributed by atoms with Crippen LogP contribution in [-0.2, 0) is 9.53 Å². The highest BCUT2D eigenvalue weighted by atomic mass is 16.5. The summed E-state index contributed by atoms with van der Waals surface area (Å²) in [6.45, 7) is 9.97. The average Bonchev–Trinajstić information content (AvgIpc) is 2.45. The van der Waals surface area contributed by atoms with Crippen molar-refractivity contribution in [1.82, 2.24) is 4.90 Å². The van der Waals surface area contributed by atoms with Crippen LogP contribution in [0.3, 0.4) is 0 Å². The number of rotatable bonds is 3. The Morgan fingerprint density at radius 1 is 1.09 bits per heavy atom. The summed E-state index contributed by atoms with van der Waals surface area (Å²) >= 11 is 0. The Hall–Kier alpha value is -1.84. The number of esters is 1. The minimum Gasteiger partial charge on any atom is -0.462 e. The number of hydrogen-bond donors (Lipinski definition) is 0. The first-order chi connectivity index (χ1) is 10.7. The molecule has 1 aliphatic heterocycles. The van der Waals surface area contributed by atoms with Gasteiger partial charge in [0.25, 0.3) is 5.91 Å². The Balaban J connectivity index is 2.27. The second-order valence-corrected chi connectivity index (χ2v) is 7.51. The van der Waals surface area contributed by atoms with Crippen molar-refractivity contribution >= 4 is 11.9 Å². The summed E-state index contributed by atoms with van der Waals surface area (Å²) in [4.78, 5) is 26.6. The van der Waals surface area contributed by atoms with Crippen LogP contribution in [0.2, 0.25) is 0 Å². The molecule has 126 valence electrons. The number of nitrogens with zero attached hydrogens (tertiary/aromatic N) is 1. The molecule has 2 rings (SSSR count). The molecule has 0 aromatic heterocycles. The molecule has 0 atom stereocenters. The second kappa shape index (κ2) is 6.34. The van der Waals surface area contributed by atoms with Gasteiger partial charge in [-0.05, 0) is 39.8 Å². The summed E-state index contributed by atoms with van der Waals surface area (Å²) in [5.41, 5.74) is -0.0709. The minimum absolute atomic E-state index is 0.0286. The van der Waals surface area contributed by atoms with Gasteiger partial charge in [-0.3, -0.25) is 9.59 Å². The topological polar surface area (TPSA) is 46.6 Å². The summed E-state index contributed by atoms with van der Waals surface area (Å²) < 4.78 is 5.57. The molecule has 23 heavy (non-hydrogen) atoms. The molecule has 1 aromatic carbocycles. The van der Waals surface area contributed by atoms with Crippen LogP contribution in [0, 0.1) is 0 Å². The highest BCUT2D eigenvalue weighted by Gasteiger charge is 2.48. The standard InChI is InChI=1S/C19H27NO3/c1-6-16(21)23-15-12-18(2,3)20(19(4,5)13-15)17(22)14-10-8-7-9-11-14/h7-11,15H,6,12-13H2,1-5H3. The van der Waals surface area contributed by atoms with Crippen molar-refractivity contribution < 1.29 is 14.3 Å². The smallest absolute Gasteiger partial charge is 0.305 e. The van der Waals surface area contributed by atoms with Gasteiger partial charge in [0.2, 0.25) is 0 Å². The van der Waals surface area contributed by atoms with E-state index in [9.17, 15) is 9.59 Å². The molecule has 1 fully saturated rings. The molecule has 0 bridgehead atoms. The first-order valence-corrected chi connectivity index (χ1v) is 8.26. The number of benzene rings is 1. The van der Waals surface area contributed by atoms with Crippen molar-refractivity contribution in [2.24, 2.45) is 0 Å². The third-order valence-electron chi connectivity index (χ3n) is 4.48. The summed E-state index contributed by atoms with van der Waals surface area (Å²) in [5.74, 6) is -0.148. The molecule has 1 aromatic rings. The molecule has 0 N–H and O–H groups in total. The lowest BCUT2D eigenvalue weighted by atomic mass is 9.77. The quantitative estimate of drug-likeness (QED) is 0.797. The zero-order valence-corrected chi connectivity index (χ0v) is 14.8. The summed E-state index contributed by atoms with van der Waals surface area (Å²) in [6, 6.07) is 9.35. The predicted octanol–water partition coefficient (Wildman–Crippen LogP) is 3.80. The first kappa shape index (κ1) is 17.5. The summed E-state index contributed by atoms with van der Waals surface area (Å²) in [7, 11) is 0. The van der Waals surface area contributed by atoms with E-state index in [0.717, 1.165) is 0 Å². The molecule has 0 unspecified atom stereocenters. The van der Waals surface area contributed by atoms with E-state index in [1.165, 1.54) is 0 Å². The number of carbonyl (C=O) groups is 2. The van der Waals surface area contributed by atoms with Crippen LogP contribution in [0.15, 0.2) is 30.3 Å². The third kappa shape index (κ3) is 3.74. The van der Waals surface area contributed by atoms with Crippen molar-refractivity contribution in [3.8, 4) is 0 Å². The van der Waals surface area contributed by atoms with Gasteiger partial charge in [-0.15, -0.1) is 0 Å². The molecular formula is C19H27NO3. The number of ether oxygens (including phenoxy) is 1. The van der Waals surface area contributed by atoms with E-state index in [1.807, 2.05) is 62.9 Å². The maximum Gasteiger partial charge on any atom is 0.305 e. The van der Waals surface area contributed by atoms with Gasteiger partial charge in [0, 0.05) is 35.9 Å². The molecule has 0 saturated carbocycles. The lowest BCUT2D eigenvalue weighted by Crippen LogP contribution is -2.64. The minimum atomic E-state index is -0.382. The highest BCUT2D eigenvalue weighted by Crippen LogP contribution is 2.40. The van der Waals surface area contributed by atoms with Crippen molar-refractivity contribution in [1.29, 1.82) is 0 Å². The molecule has 1 aliphatic rings. The fourth-order valence-corrected chi connectivity index (χ4v) is 3.80. The molecule has 4 nitrogen and oxygen atoms in total. The van der Waals surface area contributed by atoms with Gasteiger partial charge in [-0.1, -0.05) is 25.1 Å². The van der Waals surface area contributed by atoms with Crippen LogP contribution in [0.25, 0.3) is 0 Å².